The highest BCUT2D eigenvalue weighted by atomic mass is 32.2. The molecule has 9 nitrogen and oxygen atoms in total. The number of nitrogens with two attached hydrogens (primary N) is 1. The minimum absolute atomic E-state index is 0.0367. The van der Waals surface area contributed by atoms with Crippen LogP contribution in [0.4, 0.5) is 5.82 Å². The van der Waals surface area contributed by atoms with Crippen LogP contribution in [0.5, 0.6) is 0 Å². The molecule has 0 aliphatic heterocycles. The number of nitrogens with zero attached hydrogens (tertiary/aromatic N) is 4. The second-order valence-corrected chi connectivity index (χ2v) is 5.67. The van der Waals surface area contributed by atoms with Crippen LogP contribution in [-0.2, 0) is 23.5 Å². The number of hydrogen-bond acceptors (Lipinski definition) is 7. The Labute approximate surface area is 109 Å². The van der Waals surface area contributed by atoms with E-state index >= 15 is 0 Å². The maximum absolute atomic E-state index is 12.0. The standard InChI is InChI=1S/C9H14N6O3S/c1-6-12-8(14-18-6)3-4-11-19(16,17)7-5-15(2)13-9(7)10/h5,11H,3-4H2,1-2H3,(H2,10,13). The Hall–Kier alpha value is -1.94. The van der Waals surface area contributed by atoms with Crippen molar-refractivity contribution in [3.05, 3.63) is 17.9 Å². The summed E-state index contributed by atoms with van der Waals surface area (Å²) in [5, 5.41) is 7.45. The molecule has 2 rings (SSSR count). The van der Waals surface area contributed by atoms with Crippen LogP contribution in [-0.4, -0.2) is 34.9 Å². The maximum Gasteiger partial charge on any atom is 0.245 e. The first-order valence-corrected chi connectivity index (χ1v) is 6.95. The Morgan fingerprint density at radius 2 is 2.26 bits per heavy atom. The molecule has 0 bridgehead atoms. The lowest BCUT2D eigenvalue weighted by Gasteiger charge is -2.03. The number of anilines is 1. The maximum atomic E-state index is 12.0. The molecule has 0 spiro atoms. The summed E-state index contributed by atoms with van der Waals surface area (Å²) >= 11 is 0. The Bertz CT molecular complexity index is 674. The van der Waals surface area contributed by atoms with Gasteiger partial charge in [-0.05, 0) is 0 Å². The van der Waals surface area contributed by atoms with E-state index in [-0.39, 0.29) is 17.3 Å². The molecule has 2 aromatic heterocycles. The van der Waals surface area contributed by atoms with Gasteiger partial charge in [-0.25, -0.2) is 13.1 Å². The molecule has 0 unspecified atom stereocenters. The van der Waals surface area contributed by atoms with Crippen molar-refractivity contribution in [1.29, 1.82) is 0 Å². The van der Waals surface area contributed by atoms with E-state index < -0.39 is 10.0 Å². The molecule has 3 N–H and O–H groups in total. The van der Waals surface area contributed by atoms with Crippen molar-refractivity contribution in [2.45, 2.75) is 18.2 Å². The fraction of sp³-hybridized carbons (Fsp3) is 0.444. The van der Waals surface area contributed by atoms with Gasteiger partial charge in [0.25, 0.3) is 0 Å². The Balaban J connectivity index is 2.00. The van der Waals surface area contributed by atoms with Gasteiger partial charge in [-0.3, -0.25) is 4.68 Å². The zero-order valence-corrected chi connectivity index (χ0v) is 11.3. The second-order valence-electron chi connectivity index (χ2n) is 3.93. The fourth-order valence-electron chi connectivity index (χ4n) is 1.51. The van der Waals surface area contributed by atoms with Crippen molar-refractivity contribution in [1.82, 2.24) is 24.6 Å². The minimum Gasteiger partial charge on any atom is -0.381 e. The van der Waals surface area contributed by atoms with Gasteiger partial charge < -0.3 is 10.3 Å². The number of aromatic nitrogens is 4. The summed E-state index contributed by atoms with van der Waals surface area (Å²) < 4.78 is 32.4. The van der Waals surface area contributed by atoms with Gasteiger partial charge in [0, 0.05) is 33.1 Å². The number of hydrogen-bond donors (Lipinski definition) is 2. The van der Waals surface area contributed by atoms with E-state index in [1.54, 1.807) is 14.0 Å². The molecule has 0 amide bonds. The Morgan fingerprint density at radius 3 is 2.79 bits per heavy atom. The van der Waals surface area contributed by atoms with Crippen LogP contribution < -0.4 is 10.5 Å². The Kier molecular flexibility index (Phi) is 3.53. The lowest BCUT2D eigenvalue weighted by molar-refractivity contribution is 0.387. The van der Waals surface area contributed by atoms with Gasteiger partial charge in [-0.15, -0.1) is 0 Å². The predicted octanol–water partition coefficient (Wildman–Crippen LogP) is -0.785. The van der Waals surface area contributed by atoms with Crippen molar-refractivity contribution < 1.29 is 12.9 Å². The molecule has 0 saturated heterocycles. The van der Waals surface area contributed by atoms with Gasteiger partial charge in [0.05, 0.1) is 0 Å². The first kappa shape index (κ1) is 13.5. The molecular formula is C9H14N6O3S. The summed E-state index contributed by atoms with van der Waals surface area (Å²) in [7, 11) is -2.08. The van der Waals surface area contributed by atoms with Crippen LogP contribution in [0, 0.1) is 6.92 Å². The lowest BCUT2D eigenvalue weighted by atomic mass is 10.4. The van der Waals surface area contributed by atoms with Crippen LogP contribution in [0.2, 0.25) is 0 Å². The monoisotopic (exact) mass is 286 g/mol. The van der Waals surface area contributed by atoms with Crippen molar-refractivity contribution in [2.75, 3.05) is 12.3 Å². The molecule has 0 aromatic carbocycles. The van der Waals surface area contributed by atoms with Crippen molar-refractivity contribution in [2.24, 2.45) is 7.05 Å². The SMILES string of the molecule is Cc1nc(CCNS(=O)(=O)c2cn(C)nc2N)no1. The van der Waals surface area contributed by atoms with E-state index in [0.29, 0.717) is 18.1 Å². The van der Waals surface area contributed by atoms with Gasteiger partial charge in [-0.1, -0.05) is 5.16 Å². The van der Waals surface area contributed by atoms with E-state index in [1.165, 1.54) is 10.9 Å². The topological polar surface area (TPSA) is 129 Å². The first-order valence-electron chi connectivity index (χ1n) is 5.46. The van der Waals surface area contributed by atoms with Crippen LogP contribution in [0.1, 0.15) is 11.7 Å². The Morgan fingerprint density at radius 1 is 1.53 bits per heavy atom. The van der Waals surface area contributed by atoms with Gasteiger partial charge in [-0.2, -0.15) is 10.1 Å². The highest BCUT2D eigenvalue weighted by Crippen LogP contribution is 2.14. The lowest BCUT2D eigenvalue weighted by Crippen LogP contribution is -2.26. The van der Waals surface area contributed by atoms with Crippen LogP contribution in [0.3, 0.4) is 0 Å². The van der Waals surface area contributed by atoms with Gasteiger partial charge in [0.2, 0.25) is 15.9 Å². The largest absolute Gasteiger partial charge is 0.381 e. The van der Waals surface area contributed by atoms with Crippen molar-refractivity contribution in [3.63, 3.8) is 0 Å². The average Bonchev–Trinajstić information content (AvgIpc) is 2.85. The van der Waals surface area contributed by atoms with Gasteiger partial charge >= 0.3 is 0 Å². The highest BCUT2D eigenvalue weighted by molar-refractivity contribution is 7.89. The van der Waals surface area contributed by atoms with Gasteiger partial charge in [0.15, 0.2) is 11.6 Å². The molecular weight excluding hydrogens is 272 g/mol. The van der Waals surface area contributed by atoms with Crippen LogP contribution >= 0.6 is 0 Å². The number of rotatable bonds is 5. The molecule has 0 atom stereocenters. The smallest absolute Gasteiger partial charge is 0.245 e. The molecule has 0 radical (unpaired) electrons. The van der Waals surface area contributed by atoms with E-state index in [4.69, 9.17) is 10.3 Å². The average molecular weight is 286 g/mol. The fourth-order valence-corrected chi connectivity index (χ4v) is 2.64. The number of nitrogen functional groups attached to an aromatic ring is 1. The first-order chi connectivity index (χ1) is 8.88. The predicted molar refractivity (Wildman–Crippen MR) is 65.5 cm³/mol. The molecule has 0 fully saturated rings. The van der Waals surface area contributed by atoms with E-state index in [9.17, 15) is 8.42 Å². The molecule has 0 saturated carbocycles. The summed E-state index contributed by atoms with van der Waals surface area (Å²) in [4.78, 5) is 3.93. The summed E-state index contributed by atoms with van der Waals surface area (Å²) in [5.41, 5.74) is 5.52. The summed E-state index contributed by atoms with van der Waals surface area (Å²) in [6.07, 6.45) is 1.67. The number of nitrogens with one attached hydrogen (secondary N) is 1. The molecule has 10 heteroatoms. The summed E-state index contributed by atoms with van der Waals surface area (Å²) in [5.74, 6) is 0.846. The van der Waals surface area contributed by atoms with E-state index in [0.717, 1.165) is 0 Å². The van der Waals surface area contributed by atoms with E-state index in [2.05, 4.69) is 20.0 Å². The van der Waals surface area contributed by atoms with Crippen LogP contribution in [0.15, 0.2) is 15.6 Å². The molecule has 2 heterocycles. The van der Waals surface area contributed by atoms with Crippen LogP contribution in [0.25, 0.3) is 0 Å². The minimum atomic E-state index is -3.68. The third-order valence-electron chi connectivity index (χ3n) is 2.32. The second kappa shape index (κ2) is 4.97. The van der Waals surface area contributed by atoms with Gasteiger partial charge in [0.1, 0.15) is 4.90 Å². The third-order valence-corrected chi connectivity index (χ3v) is 3.80. The highest BCUT2D eigenvalue weighted by Gasteiger charge is 2.20. The normalized spacial score (nSPS) is 11.9. The quantitative estimate of drug-likeness (QED) is 0.737. The summed E-state index contributed by atoms with van der Waals surface area (Å²) in [6.45, 7) is 1.81. The zero-order valence-electron chi connectivity index (χ0n) is 10.5. The van der Waals surface area contributed by atoms with Crippen molar-refractivity contribution in [3.8, 4) is 0 Å². The molecule has 0 aliphatic rings. The molecule has 2 aromatic rings. The number of aryl methyl sites for hydroxylation is 2. The molecule has 104 valence electrons. The van der Waals surface area contributed by atoms with Crippen molar-refractivity contribution >= 4 is 15.8 Å². The zero-order chi connectivity index (χ0) is 14.0. The molecule has 0 aliphatic carbocycles. The third kappa shape index (κ3) is 3.09. The summed E-state index contributed by atoms with van der Waals surface area (Å²) in [6, 6.07) is 0. The van der Waals surface area contributed by atoms with E-state index in [1.807, 2.05) is 0 Å². The molecule has 19 heavy (non-hydrogen) atoms. The number of sulfonamides is 1.